The Hall–Kier alpha value is -2.02. The number of carbonyl (C=O) groups is 1. The molecule has 1 amide bonds. The zero-order valence-electron chi connectivity index (χ0n) is 16.3. The first-order valence-corrected chi connectivity index (χ1v) is 10.9. The van der Waals surface area contributed by atoms with E-state index in [4.69, 9.17) is 4.74 Å². The Kier molecular flexibility index (Phi) is 6.20. The quantitative estimate of drug-likeness (QED) is 0.617. The molecule has 1 N–H and O–H groups in total. The highest BCUT2D eigenvalue weighted by atomic mass is 32.1. The van der Waals surface area contributed by atoms with Gasteiger partial charge in [-0.25, -0.2) is 5.43 Å². The molecular formula is C22H27N3O2S. The van der Waals surface area contributed by atoms with Crippen molar-refractivity contribution in [3.63, 3.8) is 0 Å². The molecule has 2 aliphatic rings. The zero-order chi connectivity index (χ0) is 19.3. The highest BCUT2D eigenvalue weighted by Gasteiger charge is 2.25. The molecule has 5 nitrogen and oxygen atoms in total. The summed E-state index contributed by atoms with van der Waals surface area (Å²) in [5, 5.41) is 4.50. The smallest absolute Gasteiger partial charge is 0.281 e. The van der Waals surface area contributed by atoms with E-state index >= 15 is 0 Å². The number of morpholine rings is 1. The van der Waals surface area contributed by atoms with Crippen LogP contribution in [0, 0.1) is 0 Å². The molecule has 0 spiro atoms. The number of amides is 1. The molecule has 148 valence electrons. The van der Waals surface area contributed by atoms with E-state index in [0.29, 0.717) is 0 Å². The number of nitrogens with one attached hydrogen (secondary N) is 1. The van der Waals surface area contributed by atoms with Gasteiger partial charge in [0.2, 0.25) is 0 Å². The van der Waals surface area contributed by atoms with Crippen LogP contribution < -0.4 is 5.43 Å². The Bertz CT molecular complexity index is 817. The van der Waals surface area contributed by atoms with Gasteiger partial charge in [0.25, 0.3) is 5.91 Å². The van der Waals surface area contributed by atoms with E-state index in [1.54, 1.807) is 11.3 Å². The Balaban J connectivity index is 1.51. The molecule has 6 heteroatoms. The van der Waals surface area contributed by atoms with Crippen molar-refractivity contribution >= 4 is 23.0 Å². The maximum atomic E-state index is 12.7. The molecule has 1 aromatic heterocycles. The number of carbonyl (C=O) groups excluding carboxylic acids is 1. The summed E-state index contributed by atoms with van der Waals surface area (Å²) in [6.07, 6.45) is 4.64. The third kappa shape index (κ3) is 4.35. The van der Waals surface area contributed by atoms with Gasteiger partial charge in [0, 0.05) is 18.0 Å². The lowest BCUT2D eigenvalue weighted by Gasteiger charge is -2.34. The summed E-state index contributed by atoms with van der Waals surface area (Å²) in [7, 11) is 0. The van der Waals surface area contributed by atoms with E-state index in [-0.39, 0.29) is 11.9 Å². The summed E-state index contributed by atoms with van der Waals surface area (Å²) < 4.78 is 5.51. The number of hydrogen-bond acceptors (Lipinski definition) is 5. The van der Waals surface area contributed by atoms with E-state index in [9.17, 15) is 4.79 Å². The van der Waals surface area contributed by atoms with Gasteiger partial charge in [-0.3, -0.25) is 9.69 Å². The van der Waals surface area contributed by atoms with E-state index in [1.165, 1.54) is 28.8 Å². The molecule has 4 rings (SSSR count). The maximum absolute atomic E-state index is 12.7. The average Bonchev–Trinajstić information content (AvgIpc) is 3.18. The van der Waals surface area contributed by atoms with Crippen LogP contribution in [0.1, 0.15) is 51.5 Å². The van der Waals surface area contributed by atoms with Gasteiger partial charge in [-0.1, -0.05) is 30.3 Å². The fraction of sp³-hybridized carbons (Fsp3) is 0.455. The molecule has 1 unspecified atom stereocenters. The van der Waals surface area contributed by atoms with Gasteiger partial charge >= 0.3 is 0 Å². The lowest BCUT2D eigenvalue weighted by atomic mass is 9.99. The van der Waals surface area contributed by atoms with Crippen LogP contribution in [-0.2, 0) is 17.6 Å². The normalized spacial score (nSPS) is 19.1. The number of thiophene rings is 1. The van der Waals surface area contributed by atoms with Crippen molar-refractivity contribution in [1.82, 2.24) is 10.3 Å². The summed E-state index contributed by atoms with van der Waals surface area (Å²) in [6.45, 7) is 5.16. The van der Waals surface area contributed by atoms with Crippen molar-refractivity contribution in [2.24, 2.45) is 5.10 Å². The van der Waals surface area contributed by atoms with E-state index < -0.39 is 0 Å². The molecule has 0 saturated carbocycles. The van der Waals surface area contributed by atoms with Gasteiger partial charge in [-0.15, -0.1) is 11.3 Å². The van der Waals surface area contributed by atoms with Gasteiger partial charge in [-0.2, -0.15) is 5.10 Å². The number of fused-ring (bicyclic) bond motifs is 1. The fourth-order valence-electron chi connectivity index (χ4n) is 4.04. The fourth-order valence-corrected chi connectivity index (χ4v) is 5.19. The number of hydrazone groups is 1. The van der Waals surface area contributed by atoms with Crippen LogP contribution in [0.2, 0.25) is 0 Å². The minimum atomic E-state index is -0.104. The molecule has 28 heavy (non-hydrogen) atoms. The highest BCUT2D eigenvalue weighted by molar-refractivity contribution is 7.14. The van der Waals surface area contributed by atoms with Crippen molar-refractivity contribution in [3.05, 3.63) is 57.3 Å². The summed E-state index contributed by atoms with van der Waals surface area (Å²) in [4.78, 5) is 17.2. The minimum absolute atomic E-state index is 0.0435. The molecule has 0 bridgehead atoms. The van der Waals surface area contributed by atoms with Crippen LogP contribution >= 0.6 is 11.3 Å². The molecule has 1 aromatic carbocycles. The zero-order valence-corrected chi connectivity index (χ0v) is 17.1. The van der Waals surface area contributed by atoms with Crippen molar-refractivity contribution in [2.45, 2.75) is 38.6 Å². The topological polar surface area (TPSA) is 53.9 Å². The van der Waals surface area contributed by atoms with Crippen molar-refractivity contribution < 1.29 is 9.53 Å². The predicted molar refractivity (Wildman–Crippen MR) is 113 cm³/mol. The van der Waals surface area contributed by atoms with Crippen molar-refractivity contribution in [1.29, 1.82) is 0 Å². The van der Waals surface area contributed by atoms with Gasteiger partial charge < -0.3 is 4.74 Å². The Morgan fingerprint density at radius 2 is 1.93 bits per heavy atom. The number of benzene rings is 1. The summed E-state index contributed by atoms with van der Waals surface area (Å²) in [6, 6.07) is 12.4. The molecule has 2 aromatic rings. The second-order valence-corrected chi connectivity index (χ2v) is 8.56. The van der Waals surface area contributed by atoms with E-state index in [0.717, 1.165) is 49.7 Å². The van der Waals surface area contributed by atoms with Crippen LogP contribution in [-0.4, -0.2) is 42.8 Å². The third-order valence-electron chi connectivity index (χ3n) is 5.48. The minimum Gasteiger partial charge on any atom is -0.379 e. The van der Waals surface area contributed by atoms with E-state index in [1.807, 2.05) is 25.1 Å². The summed E-state index contributed by atoms with van der Waals surface area (Å²) >= 11 is 1.62. The molecule has 1 fully saturated rings. The van der Waals surface area contributed by atoms with Crippen LogP contribution in [0.4, 0.5) is 0 Å². The van der Waals surface area contributed by atoms with Gasteiger partial charge in [-0.05, 0) is 49.8 Å². The van der Waals surface area contributed by atoms with Crippen LogP contribution in [0.15, 0.2) is 41.5 Å². The lowest BCUT2D eigenvalue weighted by molar-refractivity contribution is 0.0285. The molecule has 1 atom stereocenters. The number of ether oxygens (including phenoxy) is 1. The number of hydrogen-bond donors (Lipinski definition) is 1. The summed E-state index contributed by atoms with van der Waals surface area (Å²) in [5.74, 6) is -0.104. The first-order chi connectivity index (χ1) is 13.7. The van der Waals surface area contributed by atoms with Gasteiger partial charge in [0.1, 0.15) is 0 Å². The average molecular weight is 398 g/mol. The Morgan fingerprint density at radius 1 is 1.18 bits per heavy atom. The molecule has 0 radical (unpaired) electrons. The SMILES string of the molecule is CC(=NNC(=O)c1cc2c(s1)CCCC2)C(c1ccccc1)N1CCOCC1. The van der Waals surface area contributed by atoms with Crippen LogP contribution in [0.3, 0.4) is 0 Å². The second kappa shape index (κ2) is 8.99. The number of nitrogens with zero attached hydrogens (tertiary/aromatic N) is 2. The van der Waals surface area contributed by atoms with E-state index in [2.05, 4.69) is 33.6 Å². The van der Waals surface area contributed by atoms with Crippen molar-refractivity contribution in [3.8, 4) is 0 Å². The molecule has 2 heterocycles. The lowest BCUT2D eigenvalue weighted by Crippen LogP contribution is -2.42. The van der Waals surface area contributed by atoms with Gasteiger partial charge in [0.05, 0.1) is 29.8 Å². The molecular weight excluding hydrogens is 370 g/mol. The monoisotopic (exact) mass is 397 g/mol. The van der Waals surface area contributed by atoms with Gasteiger partial charge in [0.15, 0.2) is 0 Å². The Labute approximate surface area is 170 Å². The van der Waals surface area contributed by atoms with Crippen LogP contribution in [0.25, 0.3) is 0 Å². The Morgan fingerprint density at radius 3 is 2.68 bits per heavy atom. The van der Waals surface area contributed by atoms with Crippen molar-refractivity contribution in [2.75, 3.05) is 26.3 Å². The standard InChI is InChI=1S/C22H27N3O2S/c1-16(21(17-7-3-2-4-8-17)25-11-13-27-14-12-25)23-24-22(26)20-15-18-9-5-6-10-19(18)28-20/h2-4,7-8,15,21H,5-6,9-14H2,1H3,(H,24,26). The maximum Gasteiger partial charge on any atom is 0.281 e. The first-order valence-electron chi connectivity index (χ1n) is 10.1. The first kappa shape index (κ1) is 19.3. The number of rotatable bonds is 5. The molecule has 1 aliphatic heterocycles. The molecule has 1 saturated heterocycles. The highest BCUT2D eigenvalue weighted by Crippen LogP contribution is 2.29. The summed E-state index contributed by atoms with van der Waals surface area (Å²) in [5.41, 5.74) is 6.22. The molecule has 1 aliphatic carbocycles. The number of aryl methyl sites for hydroxylation is 2. The third-order valence-corrected chi connectivity index (χ3v) is 6.71. The predicted octanol–water partition coefficient (Wildman–Crippen LogP) is 3.81. The van der Waals surface area contributed by atoms with Crippen LogP contribution in [0.5, 0.6) is 0 Å². The largest absolute Gasteiger partial charge is 0.379 e. The second-order valence-electron chi connectivity index (χ2n) is 7.42.